The van der Waals surface area contributed by atoms with Crippen LogP contribution in [0.3, 0.4) is 0 Å². The summed E-state index contributed by atoms with van der Waals surface area (Å²) in [6, 6.07) is 6.38. The summed E-state index contributed by atoms with van der Waals surface area (Å²) in [5, 5.41) is 0.253. The molecule has 0 spiro atoms. The van der Waals surface area contributed by atoms with E-state index in [0.29, 0.717) is 19.5 Å². The number of sulfonamides is 1. The molecule has 0 bridgehead atoms. The van der Waals surface area contributed by atoms with Crippen molar-refractivity contribution in [3.05, 3.63) is 29.3 Å². The summed E-state index contributed by atoms with van der Waals surface area (Å²) in [4.78, 5) is 0.158. The molecule has 1 aliphatic heterocycles. The van der Waals surface area contributed by atoms with Gasteiger partial charge in [-0.25, -0.2) is 8.42 Å². The second-order valence-electron chi connectivity index (χ2n) is 3.84. The van der Waals surface area contributed by atoms with E-state index in [4.69, 9.17) is 17.3 Å². The Morgan fingerprint density at radius 1 is 1.38 bits per heavy atom. The highest BCUT2D eigenvalue weighted by atomic mass is 35.5. The molecule has 0 radical (unpaired) electrons. The van der Waals surface area contributed by atoms with Gasteiger partial charge in [-0.1, -0.05) is 23.7 Å². The minimum absolute atomic E-state index is 0.0720. The zero-order valence-corrected chi connectivity index (χ0v) is 10.2. The highest BCUT2D eigenvalue weighted by Gasteiger charge is 2.31. The fourth-order valence-electron chi connectivity index (χ4n) is 1.77. The van der Waals surface area contributed by atoms with E-state index in [1.165, 1.54) is 10.4 Å². The fraction of sp³-hybridized carbons (Fsp3) is 0.400. The number of nitrogens with zero attached hydrogens (tertiary/aromatic N) is 1. The van der Waals surface area contributed by atoms with Crippen LogP contribution in [0.5, 0.6) is 0 Å². The number of halogens is 1. The van der Waals surface area contributed by atoms with E-state index in [1.54, 1.807) is 18.2 Å². The quantitative estimate of drug-likeness (QED) is 0.865. The molecule has 0 aromatic heterocycles. The van der Waals surface area contributed by atoms with Crippen LogP contribution < -0.4 is 5.73 Å². The van der Waals surface area contributed by atoms with Crippen molar-refractivity contribution < 1.29 is 8.42 Å². The highest BCUT2D eigenvalue weighted by Crippen LogP contribution is 2.26. The van der Waals surface area contributed by atoms with E-state index < -0.39 is 10.0 Å². The molecule has 1 saturated heterocycles. The van der Waals surface area contributed by atoms with Gasteiger partial charge in [0.25, 0.3) is 0 Å². The Balaban J connectivity index is 2.36. The van der Waals surface area contributed by atoms with Gasteiger partial charge in [0.05, 0.1) is 5.02 Å². The first-order valence-corrected chi connectivity index (χ1v) is 6.84. The molecule has 1 aromatic carbocycles. The summed E-state index contributed by atoms with van der Waals surface area (Å²) in [6.07, 6.45) is 0.698. The minimum Gasteiger partial charge on any atom is -0.326 e. The molecule has 6 heteroatoms. The van der Waals surface area contributed by atoms with Crippen LogP contribution in [0.25, 0.3) is 0 Å². The zero-order valence-electron chi connectivity index (χ0n) is 8.64. The Labute approximate surface area is 100 Å². The van der Waals surface area contributed by atoms with Crippen molar-refractivity contribution in [2.45, 2.75) is 17.4 Å². The van der Waals surface area contributed by atoms with Crippen LogP contribution in [0.2, 0.25) is 5.02 Å². The Bertz CT molecular complexity index is 489. The Morgan fingerprint density at radius 3 is 2.62 bits per heavy atom. The lowest BCUT2D eigenvalue weighted by Crippen LogP contribution is -2.32. The molecule has 1 aromatic rings. The second-order valence-corrected chi connectivity index (χ2v) is 6.16. The highest BCUT2D eigenvalue weighted by molar-refractivity contribution is 7.89. The number of benzene rings is 1. The average Bonchev–Trinajstić information content (AvgIpc) is 2.66. The van der Waals surface area contributed by atoms with Crippen molar-refractivity contribution in [2.75, 3.05) is 13.1 Å². The Morgan fingerprint density at radius 2 is 2.06 bits per heavy atom. The largest absolute Gasteiger partial charge is 0.326 e. The average molecular weight is 261 g/mol. The van der Waals surface area contributed by atoms with Crippen LogP contribution >= 0.6 is 11.6 Å². The maximum Gasteiger partial charge on any atom is 0.244 e. The standard InChI is InChI=1S/C10H13ClN2O2S/c11-9-3-1-2-4-10(9)16(14,15)13-6-5-8(12)7-13/h1-4,8H,5-7,12H2/t8-/m1/s1. The molecule has 1 heterocycles. The van der Waals surface area contributed by atoms with Gasteiger partial charge in [-0.05, 0) is 18.6 Å². The summed E-state index contributed by atoms with van der Waals surface area (Å²) in [7, 11) is -3.48. The number of hydrogen-bond donors (Lipinski definition) is 1. The van der Waals surface area contributed by atoms with Gasteiger partial charge in [-0.3, -0.25) is 0 Å². The molecule has 0 unspecified atom stereocenters. The Hall–Kier alpha value is -0.620. The Kier molecular flexibility index (Phi) is 3.21. The van der Waals surface area contributed by atoms with Gasteiger partial charge in [-0.15, -0.1) is 0 Å². The van der Waals surface area contributed by atoms with Crippen LogP contribution in [-0.4, -0.2) is 31.9 Å². The first-order valence-electron chi connectivity index (χ1n) is 5.02. The first-order chi connectivity index (χ1) is 7.51. The number of hydrogen-bond acceptors (Lipinski definition) is 3. The van der Waals surface area contributed by atoms with Crippen molar-refractivity contribution in [2.24, 2.45) is 5.73 Å². The van der Waals surface area contributed by atoms with Crippen LogP contribution in [0, 0.1) is 0 Å². The molecule has 2 rings (SSSR count). The number of rotatable bonds is 2. The maximum absolute atomic E-state index is 12.2. The minimum atomic E-state index is -3.48. The zero-order chi connectivity index (χ0) is 11.8. The van der Waals surface area contributed by atoms with Crippen molar-refractivity contribution >= 4 is 21.6 Å². The van der Waals surface area contributed by atoms with Gasteiger partial charge in [0.2, 0.25) is 10.0 Å². The van der Waals surface area contributed by atoms with Crippen LogP contribution in [-0.2, 0) is 10.0 Å². The van der Waals surface area contributed by atoms with Gasteiger partial charge < -0.3 is 5.73 Å². The lowest BCUT2D eigenvalue weighted by molar-refractivity contribution is 0.472. The first kappa shape index (κ1) is 11.9. The van der Waals surface area contributed by atoms with Crippen LogP contribution in [0.4, 0.5) is 0 Å². The van der Waals surface area contributed by atoms with Crippen molar-refractivity contribution in [1.82, 2.24) is 4.31 Å². The van der Waals surface area contributed by atoms with Crippen molar-refractivity contribution in [3.8, 4) is 0 Å². The lowest BCUT2D eigenvalue weighted by Gasteiger charge is -2.16. The van der Waals surface area contributed by atoms with E-state index >= 15 is 0 Å². The molecule has 16 heavy (non-hydrogen) atoms. The normalized spacial score (nSPS) is 22.5. The molecule has 88 valence electrons. The smallest absolute Gasteiger partial charge is 0.244 e. The molecule has 4 nitrogen and oxygen atoms in total. The van der Waals surface area contributed by atoms with Crippen LogP contribution in [0.1, 0.15) is 6.42 Å². The summed E-state index contributed by atoms with van der Waals surface area (Å²) >= 11 is 5.89. The lowest BCUT2D eigenvalue weighted by atomic mass is 10.3. The van der Waals surface area contributed by atoms with Gasteiger partial charge >= 0.3 is 0 Å². The SMILES string of the molecule is N[C@@H]1CCN(S(=O)(=O)c2ccccc2Cl)C1. The molecular weight excluding hydrogens is 248 g/mol. The van der Waals surface area contributed by atoms with E-state index in [1.807, 2.05) is 0 Å². The van der Waals surface area contributed by atoms with Crippen molar-refractivity contribution in [3.63, 3.8) is 0 Å². The van der Waals surface area contributed by atoms with Gasteiger partial charge in [0.1, 0.15) is 4.90 Å². The molecule has 0 aliphatic carbocycles. The van der Waals surface area contributed by atoms with Crippen LogP contribution in [0.15, 0.2) is 29.2 Å². The van der Waals surface area contributed by atoms with E-state index in [-0.39, 0.29) is 16.0 Å². The second kappa shape index (κ2) is 4.33. The molecule has 1 atom stereocenters. The van der Waals surface area contributed by atoms with Gasteiger partial charge in [-0.2, -0.15) is 4.31 Å². The molecular formula is C10H13ClN2O2S. The third kappa shape index (κ3) is 2.08. The van der Waals surface area contributed by atoms with E-state index in [2.05, 4.69) is 0 Å². The third-order valence-electron chi connectivity index (χ3n) is 2.64. The summed E-state index contributed by atoms with van der Waals surface area (Å²) < 4.78 is 25.8. The summed E-state index contributed by atoms with van der Waals surface area (Å²) in [5.74, 6) is 0. The predicted molar refractivity (Wildman–Crippen MR) is 62.8 cm³/mol. The molecule has 0 saturated carbocycles. The summed E-state index contributed by atoms with van der Waals surface area (Å²) in [6.45, 7) is 0.836. The monoisotopic (exact) mass is 260 g/mol. The van der Waals surface area contributed by atoms with E-state index in [9.17, 15) is 8.42 Å². The van der Waals surface area contributed by atoms with E-state index in [0.717, 1.165) is 0 Å². The summed E-state index contributed by atoms with van der Waals surface area (Å²) in [5.41, 5.74) is 5.70. The predicted octanol–water partition coefficient (Wildman–Crippen LogP) is 1.06. The molecule has 1 fully saturated rings. The van der Waals surface area contributed by atoms with Gasteiger partial charge in [0, 0.05) is 19.1 Å². The fourth-order valence-corrected chi connectivity index (χ4v) is 3.77. The molecule has 1 aliphatic rings. The van der Waals surface area contributed by atoms with Gasteiger partial charge in [0.15, 0.2) is 0 Å². The third-order valence-corrected chi connectivity index (χ3v) is 5.01. The topological polar surface area (TPSA) is 63.4 Å². The molecule has 2 N–H and O–H groups in total. The molecule has 0 amide bonds. The maximum atomic E-state index is 12.2. The number of nitrogens with two attached hydrogens (primary N) is 1. The van der Waals surface area contributed by atoms with Crippen molar-refractivity contribution in [1.29, 1.82) is 0 Å².